The summed E-state index contributed by atoms with van der Waals surface area (Å²) in [7, 11) is -4.69. The lowest BCUT2D eigenvalue weighted by atomic mass is 10.0. The maximum atomic E-state index is 15.0. The number of likely N-dealkylation sites (tertiary alicyclic amines) is 1. The molecule has 13 heteroatoms. The fourth-order valence-corrected chi connectivity index (χ4v) is 5.73. The predicted molar refractivity (Wildman–Crippen MR) is 129 cm³/mol. The maximum absolute atomic E-state index is 15.0. The van der Waals surface area contributed by atoms with Crippen molar-refractivity contribution < 1.29 is 26.8 Å². The molecule has 0 unspecified atom stereocenters. The fraction of sp³-hybridized carbons (Fsp3) is 0.273. The van der Waals surface area contributed by atoms with Crippen molar-refractivity contribution in [1.82, 2.24) is 9.88 Å². The molecule has 186 valence electrons. The molecule has 1 N–H and O–H groups in total. The topological polar surface area (TPSA) is 91.8 Å². The number of nitrogens with zero attached hydrogens (tertiary/aromatic N) is 3. The van der Waals surface area contributed by atoms with E-state index < -0.39 is 32.6 Å². The Labute approximate surface area is 210 Å². The van der Waals surface area contributed by atoms with E-state index in [4.69, 9.17) is 11.6 Å². The third-order valence-corrected chi connectivity index (χ3v) is 7.98. The number of nitrogens with one attached hydrogen (secondary N) is 1. The zero-order chi connectivity index (χ0) is 25.2. The van der Waals surface area contributed by atoms with E-state index in [2.05, 4.69) is 20.0 Å². The van der Waals surface area contributed by atoms with Gasteiger partial charge in [0.1, 0.15) is 16.5 Å². The van der Waals surface area contributed by atoms with Gasteiger partial charge in [0.05, 0.1) is 22.3 Å². The second kappa shape index (κ2) is 10.4. The zero-order valence-corrected chi connectivity index (χ0v) is 20.8. The number of sulfonamides is 1. The van der Waals surface area contributed by atoms with Crippen molar-refractivity contribution in [2.24, 2.45) is 0 Å². The van der Waals surface area contributed by atoms with Crippen molar-refractivity contribution in [2.75, 3.05) is 22.9 Å². The number of halogens is 3. The number of aromatic nitrogens is 1. The van der Waals surface area contributed by atoms with Gasteiger partial charge in [-0.15, -0.1) is 11.3 Å². The summed E-state index contributed by atoms with van der Waals surface area (Å²) in [6.07, 6.45) is 1.14. The summed E-state index contributed by atoms with van der Waals surface area (Å²) in [6, 6.07) is 6.05. The minimum atomic E-state index is -4.69. The summed E-state index contributed by atoms with van der Waals surface area (Å²) < 4.78 is 55.7. The quantitative estimate of drug-likeness (QED) is 0.292. The van der Waals surface area contributed by atoms with Gasteiger partial charge in [0.15, 0.2) is 5.82 Å². The maximum Gasteiger partial charge on any atom is 0.322 e. The molecule has 2 heterocycles. The van der Waals surface area contributed by atoms with Gasteiger partial charge in [-0.05, 0) is 56.3 Å². The smallest absolute Gasteiger partial charge is 0.322 e. The summed E-state index contributed by atoms with van der Waals surface area (Å²) >= 11 is 7.33. The van der Waals surface area contributed by atoms with Crippen LogP contribution < -0.4 is 9.79 Å². The number of hydrogen-bond acceptors (Lipinski definition) is 8. The van der Waals surface area contributed by atoms with E-state index >= 15 is 4.39 Å². The number of carbonyl (C=O) groups is 1. The number of carbonyl (C=O) groups excluding carboxylic acids is 1. The lowest BCUT2D eigenvalue weighted by molar-refractivity contribution is -0.128. The minimum Gasteiger partial charge on any atom is -0.377 e. The van der Waals surface area contributed by atoms with Gasteiger partial charge < -0.3 is 10.2 Å². The van der Waals surface area contributed by atoms with E-state index in [1.54, 1.807) is 19.1 Å². The molecule has 0 aliphatic carbocycles. The third-order valence-electron chi connectivity index (χ3n) is 5.52. The normalized spacial score (nSPS) is 14.7. The first-order valence-corrected chi connectivity index (χ1v) is 13.3. The number of benzene rings is 2. The second-order valence-corrected chi connectivity index (χ2v) is 10.7. The summed E-state index contributed by atoms with van der Waals surface area (Å²) in [5.41, 5.74) is 2.71. The molecule has 0 spiro atoms. The first-order valence-electron chi connectivity index (χ1n) is 10.5. The number of hydrogen-bond donors (Lipinski definition) is 1. The van der Waals surface area contributed by atoms with E-state index in [1.165, 1.54) is 17.0 Å². The van der Waals surface area contributed by atoms with Crippen LogP contribution in [0.15, 0.2) is 46.1 Å². The fourth-order valence-electron chi connectivity index (χ4n) is 3.63. The van der Waals surface area contributed by atoms with Crippen molar-refractivity contribution in [3.8, 4) is 0 Å². The van der Waals surface area contributed by atoms with Crippen LogP contribution in [0.1, 0.15) is 30.5 Å². The number of anilines is 2. The van der Waals surface area contributed by atoms with Gasteiger partial charge >= 0.3 is 6.47 Å². The van der Waals surface area contributed by atoms with Crippen LogP contribution >= 0.6 is 22.9 Å². The van der Waals surface area contributed by atoms with Gasteiger partial charge in [-0.3, -0.25) is 9.69 Å². The Bertz CT molecular complexity index is 1320. The molecule has 0 radical (unpaired) electrons. The van der Waals surface area contributed by atoms with Crippen LogP contribution in [-0.4, -0.2) is 37.9 Å². The van der Waals surface area contributed by atoms with E-state index in [-0.39, 0.29) is 27.5 Å². The first-order chi connectivity index (χ1) is 16.7. The highest BCUT2D eigenvalue weighted by Gasteiger charge is 2.32. The predicted octanol–water partition coefficient (Wildman–Crippen LogP) is 4.74. The van der Waals surface area contributed by atoms with Gasteiger partial charge in [-0.2, -0.15) is 8.42 Å². The Kier molecular flexibility index (Phi) is 7.55. The SMILES string of the molecule is C[C@H](Nc1cc(F)c(S(=O)(=O)N(OC=O)c2cscn2)cc1Cl)c1cc(CN2CCC2)ccc1F. The minimum absolute atomic E-state index is 0.0691. The molecule has 1 aliphatic rings. The Morgan fingerprint density at radius 2 is 2.06 bits per heavy atom. The summed E-state index contributed by atoms with van der Waals surface area (Å²) in [5, 5.41) is 4.13. The number of thiazole rings is 1. The van der Waals surface area contributed by atoms with Crippen LogP contribution in [0.25, 0.3) is 0 Å². The van der Waals surface area contributed by atoms with E-state index in [9.17, 15) is 17.6 Å². The molecule has 3 aromatic rings. The second-order valence-electron chi connectivity index (χ2n) is 7.89. The first kappa shape index (κ1) is 25.3. The van der Waals surface area contributed by atoms with Gasteiger partial charge in [-0.25, -0.2) is 13.8 Å². The zero-order valence-electron chi connectivity index (χ0n) is 18.4. The molecule has 1 fully saturated rings. The average molecular weight is 543 g/mol. The van der Waals surface area contributed by atoms with Crippen LogP contribution in [0.5, 0.6) is 0 Å². The monoisotopic (exact) mass is 542 g/mol. The molecule has 0 amide bonds. The highest BCUT2D eigenvalue weighted by molar-refractivity contribution is 7.92. The van der Waals surface area contributed by atoms with Crippen molar-refractivity contribution in [1.29, 1.82) is 0 Å². The van der Waals surface area contributed by atoms with Crippen molar-refractivity contribution in [3.63, 3.8) is 0 Å². The largest absolute Gasteiger partial charge is 0.377 e. The summed E-state index contributed by atoms with van der Waals surface area (Å²) in [5.74, 6) is -1.80. The van der Waals surface area contributed by atoms with E-state index in [0.717, 1.165) is 48.5 Å². The van der Waals surface area contributed by atoms with Crippen molar-refractivity contribution >= 4 is 50.9 Å². The van der Waals surface area contributed by atoms with Crippen LogP contribution in [0.3, 0.4) is 0 Å². The highest BCUT2D eigenvalue weighted by atomic mass is 35.5. The summed E-state index contributed by atoms with van der Waals surface area (Å²) in [4.78, 5) is 20.6. The average Bonchev–Trinajstić information content (AvgIpc) is 3.31. The molecule has 2 aromatic carbocycles. The van der Waals surface area contributed by atoms with E-state index in [1.807, 2.05) is 0 Å². The van der Waals surface area contributed by atoms with Crippen molar-refractivity contribution in [3.05, 3.63) is 69.0 Å². The van der Waals surface area contributed by atoms with Gasteiger partial charge in [-0.1, -0.05) is 22.1 Å². The summed E-state index contributed by atoms with van der Waals surface area (Å²) in [6.45, 7) is 4.29. The van der Waals surface area contributed by atoms with Crippen LogP contribution in [-0.2, 0) is 26.2 Å². The standard InChI is InChI=1S/C22H21ClF2N4O4S2/c1-14(16-7-15(3-4-18(16)24)10-28-5-2-6-28)27-20-9-19(25)21(8-17(20)23)35(31,32)29(33-13-30)22-11-34-12-26-22/h3-4,7-9,11-14,27H,2,5-6,10H2,1H3/t14-/m0/s1. The third kappa shape index (κ3) is 5.40. The highest BCUT2D eigenvalue weighted by Crippen LogP contribution is 2.34. The Morgan fingerprint density at radius 1 is 1.29 bits per heavy atom. The van der Waals surface area contributed by atoms with Crippen LogP contribution in [0.2, 0.25) is 5.02 Å². The molecule has 1 aliphatic heterocycles. The van der Waals surface area contributed by atoms with Gasteiger partial charge in [0.25, 0.3) is 10.0 Å². The molecule has 1 aromatic heterocycles. The van der Waals surface area contributed by atoms with Gasteiger partial charge in [0.2, 0.25) is 0 Å². The molecular formula is C22H21ClF2N4O4S2. The molecule has 4 rings (SSSR count). The molecule has 35 heavy (non-hydrogen) atoms. The molecule has 8 nitrogen and oxygen atoms in total. The van der Waals surface area contributed by atoms with Crippen LogP contribution in [0.4, 0.5) is 20.3 Å². The lowest BCUT2D eigenvalue weighted by Crippen LogP contribution is -2.36. The van der Waals surface area contributed by atoms with Crippen LogP contribution in [0, 0.1) is 11.6 Å². The molecule has 1 saturated heterocycles. The van der Waals surface area contributed by atoms with Gasteiger partial charge in [0, 0.05) is 17.5 Å². The molecule has 0 bridgehead atoms. The Hall–Kier alpha value is -2.80. The molecule has 0 saturated carbocycles. The van der Waals surface area contributed by atoms with E-state index in [0.29, 0.717) is 12.1 Å². The van der Waals surface area contributed by atoms with Crippen molar-refractivity contribution in [2.45, 2.75) is 30.8 Å². The lowest BCUT2D eigenvalue weighted by Gasteiger charge is -2.31. The Balaban J connectivity index is 1.59. The Morgan fingerprint density at radius 3 is 2.69 bits per heavy atom. The molecule has 1 atom stereocenters. The molecular weight excluding hydrogens is 522 g/mol. The number of rotatable bonds is 10.